The molecule has 0 bridgehead atoms. The third kappa shape index (κ3) is 4.09. The Balaban J connectivity index is 1.47. The molecule has 0 aliphatic carbocycles. The zero-order valence-corrected chi connectivity index (χ0v) is 17.5. The third-order valence-corrected chi connectivity index (χ3v) is 7.11. The van der Waals surface area contributed by atoms with E-state index >= 15 is 0 Å². The Morgan fingerprint density at radius 2 is 1.90 bits per heavy atom. The van der Waals surface area contributed by atoms with Crippen molar-refractivity contribution in [1.29, 1.82) is 0 Å². The summed E-state index contributed by atoms with van der Waals surface area (Å²) in [5, 5.41) is 3.00. The van der Waals surface area contributed by atoms with Crippen LogP contribution in [0.1, 0.15) is 42.0 Å². The molecule has 0 radical (unpaired) electrons. The highest BCUT2D eigenvalue weighted by Gasteiger charge is 2.28. The molecule has 1 aromatic heterocycles. The maximum Gasteiger partial charge on any atom is 0.251 e. The lowest BCUT2D eigenvalue weighted by molar-refractivity contribution is 0.0934. The lowest BCUT2D eigenvalue weighted by Gasteiger charge is -2.18. The average molecular weight is 425 g/mol. The first-order valence-corrected chi connectivity index (χ1v) is 11.6. The van der Waals surface area contributed by atoms with Crippen LogP contribution in [0.3, 0.4) is 0 Å². The number of sulfonamides is 1. The van der Waals surface area contributed by atoms with Crippen LogP contribution < -0.4 is 9.62 Å². The van der Waals surface area contributed by atoms with Crippen LogP contribution in [-0.2, 0) is 10.0 Å². The van der Waals surface area contributed by atoms with Crippen molar-refractivity contribution in [1.82, 2.24) is 15.3 Å². The van der Waals surface area contributed by atoms with Crippen LogP contribution in [0.2, 0.25) is 0 Å². The summed E-state index contributed by atoms with van der Waals surface area (Å²) in [6.07, 6.45) is 3.07. The van der Waals surface area contributed by atoms with Crippen molar-refractivity contribution in [3.05, 3.63) is 72.2 Å². The minimum absolute atomic E-state index is 0.168. The molecule has 0 saturated carbocycles. The van der Waals surface area contributed by atoms with Crippen molar-refractivity contribution in [2.24, 2.45) is 0 Å². The molecule has 2 N–H and O–H groups in total. The number of nitrogens with one attached hydrogen (secondary N) is 2. The quantitative estimate of drug-likeness (QED) is 0.633. The maximum absolute atomic E-state index is 12.7. The second-order valence-corrected chi connectivity index (χ2v) is 9.28. The van der Waals surface area contributed by atoms with Crippen molar-refractivity contribution in [3.8, 4) is 11.3 Å². The molecular formula is C22H24N4O3S. The molecule has 4 rings (SSSR count). The van der Waals surface area contributed by atoms with Crippen molar-refractivity contribution in [2.45, 2.75) is 25.8 Å². The number of nitrogens with zero attached hydrogens (tertiary/aromatic N) is 2. The van der Waals surface area contributed by atoms with E-state index in [2.05, 4.69) is 15.3 Å². The summed E-state index contributed by atoms with van der Waals surface area (Å²) in [4.78, 5) is 20.5. The number of benzene rings is 2. The molecule has 2 heterocycles. The summed E-state index contributed by atoms with van der Waals surface area (Å²) < 4.78 is 25.5. The van der Waals surface area contributed by atoms with Crippen LogP contribution >= 0.6 is 0 Å². The fourth-order valence-corrected chi connectivity index (χ4v) is 5.16. The van der Waals surface area contributed by atoms with E-state index in [1.165, 1.54) is 4.31 Å². The molecule has 1 aliphatic rings. The maximum atomic E-state index is 12.7. The van der Waals surface area contributed by atoms with Gasteiger partial charge in [-0.15, -0.1) is 0 Å². The molecule has 8 heteroatoms. The molecule has 1 saturated heterocycles. The zero-order chi connectivity index (χ0) is 21.1. The van der Waals surface area contributed by atoms with Gasteiger partial charge in [-0.05, 0) is 42.7 Å². The van der Waals surface area contributed by atoms with Gasteiger partial charge in [0.15, 0.2) is 0 Å². The summed E-state index contributed by atoms with van der Waals surface area (Å²) in [6, 6.07) is 16.3. The number of hydrogen-bond acceptors (Lipinski definition) is 4. The number of carbonyl (C=O) groups is 1. The number of anilines is 1. The Morgan fingerprint density at radius 3 is 2.53 bits per heavy atom. The molecule has 1 aliphatic heterocycles. The number of hydrogen-bond donors (Lipinski definition) is 2. The summed E-state index contributed by atoms with van der Waals surface area (Å²) >= 11 is 0. The molecule has 0 spiro atoms. The first-order valence-electron chi connectivity index (χ1n) is 9.99. The molecule has 7 nitrogen and oxygen atoms in total. The van der Waals surface area contributed by atoms with Crippen molar-refractivity contribution in [3.63, 3.8) is 0 Å². The van der Waals surface area contributed by atoms with Gasteiger partial charge in [-0.2, -0.15) is 0 Å². The molecule has 1 fully saturated rings. The van der Waals surface area contributed by atoms with E-state index in [1.807, 2.05) is 37.3 Å². The fraction of sp³-hybridized carbons (Fsp3) is 0.273. The highest BCUT2D eigenvalue weighted by molar-refractivity contribution is 7.93. The van der Waals surface area contributed by atoms with Gasteiger partial charge in [-0.3, -0.25) is 9.10 Å². The second kappa shape index (κ2) is 8.31. The molecule has 1 atom stereocenters. The van der Waals surface area contributed by atoms with Gasteiger partial charge in [-0.1, -0.05) is 37.3 Å². The van der Waals surface area contributed by atoms with Crippen LogP contribution in [0, 0.1) is 0 Å². The summed E-state index contributed by atoms with van der Waals surface area (Å²) in [5.41, 5.74) is 3.00. The molecule has 30 heavy (non-hydrogen) atoms. The van der Waals surface area contributed by atoms with E-state index < -0.39 is 10.0 Å². The first-order chi connectivity index (χ1) is 14.5. The van der Waals surface area contributed by atoms with E-state index in [-0.39, 0.29) is 17.7 Å². The average Bonchev–Trinajstić information content (AvgIpc) is 3.39. The predicted molar refractivity (Wildman–Crippen MR) is 117 cm³/mol. The normalized spacial score (nSPS) is 16.4. The second-order valence-electron chi connectivity index (χ2n) is 7.27. The van der Waals surface area contributed by atoms with E-state index in [0.29, 0.717) is 36.5 Å². The zero-order valence-electron chi connectivity index (χ0n) is 16.7. The molecule has 1 unspecified atom stereocenters. The van der Waals surface area contributed by atoms with Gasteiger partial charge in [0.1, 0.15) is 5.82 Å². The minimum Gasteiger partial charge on any atom is -0.342 e. The molecular weight excluding hydrogens is 400 g/mol. The van der Waals surface area contributed by atoms with Crippen LogP contribution in [0.4, 0.5) is 5.69 Å². The smallest absolute Gasteiger partial charge is 0.251 e. The Hall–Kier alpha value is -3.13. The van der Waals surface area contributed by atoms with E-state index in [1.54, 1.807) is 30.5 Å². The molecule has 2 aromatic carbocycles. The molecule has 156 valence electrons. The fourth-order valence-electron chi connectivity index (χ4n) is 3.59. The number of carbonyl (C=O) groups excluding carboxylic acids is 1. The minimum atomic E-state index is -3.23. The Kier molecular flexibility index (Phi) is 5.59. The Morgan fingerprint density at radius 1 is 1.17 bits per heavy atom. The van der Waals surface area contributed by atoms with Crippen LogP contribution in [0.25, 0.3) is 11.3 Å². The Labute approximate surface area is 176 Å². The molecule has 3 aromatic rings. The highest BCUT2D eigenvalue weighted by Crippen LogP contribution is 2.25. The number of amides is 1. The largest absolute Gasteiger partial charge is 0.342 e. The first kappa shape index (κ1) is 20.2. The predicted octanol–water partition coefficient (Wildman–Crippen LogP) is 3.50. The van der Waals surface area contributed by atoms with E-state index in [4.69, 9.17) is 0 Å². The van der Waals surface area contributed by atoms with Crippen LogP contribution in [-0.4, -0.2) is 36.6 Å². The summed E-state index contributed by atoms with van der Waals surface area (Å²) in [7, 11) is -3.23. The van der Waals surface area contributed by atoms with Gasteiger partial charge in [0, 0.05) is 12.1 Å². The van der Waals surface area contributed by atoms with Gasteiger partial charge in [-0.25, -0.2) is 13.4 Å². The van der Waals surface area contributed by atoms with Crippen LogP contribution in [0.15, 0.2) is 60.8 Å². The van der Waals surface area contributed by atoms with Crippen LogP contribution in [0.5, 0.6) is 0 Å². The van der Waals surface area contributed by atoms with Gasteiger partial charge in [0.25, 0.3) is 5.91 Å². The van der Waals surface area contributed by atoms with Gasteiger partial charge in [0.2, 0.25) is 10.0 Å². The highest BCUT2D eigenvalue weighted by atomic mass is 32.2. The lowest BCUT2D eigenvalue weighted by atomic mass is 10.1. The lowest BCUT2D eigenvalue weighted by Crippen LogP contribution is -2.29. The van der Waals surface area contributed by atoms with E-state index in [9.17, 15) is 13.2 Å². The number of aromatic amines is 1. The van der Waals surface area contributed by atoms with Gasteiger partial charge >= 0.3 is 0 Å². The topological polar surface area (TPSA) is 95.2 Å². The molecule has 1 amide bonds. The third-order valence-electron chi connectivity index (χ3n) is 5.24. The summed E-state index contributed by atoms with van der Waals surface area (Å²) in [5.74, 6) is 0.640. The number of H-pyrrole nitrogens is 1. The van der Waals surface area contributed by atoms with Gasteiger partial charge in [0.05, 0.1) is 29.4 Å². The standard InChI is InChI=1S/C22H24N4O3S/c1-2-19(21-23-15-20(24-21)16-7-4-3-5-8-16)25-22(27)17-9-11-18(12-10-17)26-13-6-14-30(26,28)29/h3-5,7-12,15,19H,2,6,13-14H2,1H3,(H,23,24)(H,25,27). The Bertz CT molecular complexity index is 1120. The summed E-state index contributed by atoms with van der Waals surface area (Å²) in [6.45, 7) is 2.46. The SMILES string of the molecule is CCC(NC(=O)c1ccc(N2CCCS2(=O)=O)cc1)c1ncc(-c2ccccc2)[nH]1. The van der Waals surface area contributed by atoms with Crippen molar-refractivity contribution < 1.29 is 13.2 Å². The van der Waals surface area contributed by atoms with Crippen molar-refractivity contribution >= 4 is 21.6 Å². The van der Waals surface area contributed by atoms with Gasteiger partial charge < -0.3 is 10.3 Å². The van der Waals surface area contributed by atoms with E-state index in [0.717, 1.165) is 11.3 Å². The monoisotopic (exact) mass is 424 g/mol. The number of rotatable bonds is 6. The van der Waals surface area contributed by atoms with Crippen molar-refractivity contribution in [2.75, 3.05) is 16.6 Å². The number of imidazole rings is 1. The number of aromatic nitrogens is 2.